The van der Waals surface area contributed by atoms with Crippen LogP contribution in [-0.2, 0) is 19.1 Å². The Morgan fingerprint density at radius 3 is 1.65 bits per heavy atom. The summed E-state index contributed by atoms with van der Waals surface area (Å²) in [4.78, 5) is 35.0. The lowest BCUT2D eigenvalue weighted by Gasteiger charge is -2.51. The average Bonchev–Trinajstić information content (AvgIpc) is 3.32. The van der Waals surface area contributed by atoms with Gasteiger partial charge in [0.1, 0.15) is 11.2 Å². The zero-order valence-electron chi connectivity index (χ0n) is 26.0. The first-order chi connectivity index (χ1) is 18.4. The predicted octanol–water partition coefficient (Wildman–Crippen LogP) is 6.40. The summed E-state index contributed by atoms with van der Waals surface area (Å²) in [6.07, 6.45) is 11.4. The number of allylic oxidation sites excluding steroid dienone is 4. The van der Waals surface area contributed by atoms with Gasteiger partial charge in [-0.25, -0.2) is 0 Å². The summed E-state index contributed by atoms with van der Waals surface area (Å²) in [6.45, 7) is 15.9. The molecule has 2 N–H and O–H groups in total. The Labute approximate surface area is 240 Å². The first kappa shape index (κ1) is 32.3. The van der Waals surface area contributed by atoms with Gasteiger partial charge in [0, 0.05) is 4.92 Å². The topological polar surface area (TPSA) is 122 Å². The molecule has 4 aliphatic carbocycles. The first-order valence-electron chi connectivity index (χ1n) is 15.1. The van der Waals surface area contributed by atoms with Crippen molar-refractivity contribution >= 4 is 11.9 Å². The van der Waals surface area contributed by atoms with Crippen LogP contribution in [0.3, 0.4) is 0 Å². The lowest BCUT2D eigenvalue weighted by atomic mass is 9.53. The van der Waals surface area contributed by atoms with Crippen molar-refractivity contribution in [1.29, 1.82) is 0 Å². The lowest BCUT2D eigenvalue weighted by Crippen LogP contribution is -2.51. The molecule has 0 amide bonds. The molecule has 0 aromatic rings. The molecule has 0 aliphatic heterocycles. The SMILES string of the molecule is CCC1=CC2C(C1)CC2(CC(=O)OC(C)(C)C)C[N+](=O)[O-].CCC1=CC2C(C1)CC2(CN)CC(=O)OC(C)(C)C. The third-order valence-corrected chi connectivity index (χ3v) is 9.24. The van der Waals surface area contributed by atoms with E-state index in [-0.39, 0.29) is 41.2 Å². The van der Waals surface area contributed by atoms with Crippen LogP contribution in [0, 0.1) is 44.6 Å². The second-order valence-electron chi connectivity index (χ2n) is 14.7. The summed E-state index contributed by atoms with van der Waals surface area (Å²) >= 11 is 0. The number of nitrogens with zero attached hydrogens (tertiary/aromatic N) is 1. The van der Waals surface area contributed by atoms with E-state index in [4.69, 9.17) is 15.2 Å². The molecular weight excluding hydrogens is 508 g/mol. The molecule has 6 atom stereocenters. The molecule has 4 rings (SSSR count). The molecule has 0 spiro atoms. The summed E-state index contributed by atoms with van der Waals surface area (Å²) in [5, 5.41) is 11.0. The molecule has 40 heavy (non-hydrogen) atoms. The van der Waals surface area contributed by atoms with Crippen LogP contribution in [-0.4, -0.2) is 41.2 Å². The molecule has 0 heterocycles. The highest BCUT2D eigenvalue weighted by molar-refractivity contribution is 5.72. The van der Waals surface area contributed by atoms with E-state index in [1.54, 1.807) is 0 Å². The fourth-order valence-electron chi connectivity index (χ4n) is 7.60. The van der Waals surface area contributed by atoms with Crippen LogP contribution in [0.4, 0.5) is 0 Å². The average molecular weight is 561 g/mol. The molecule has 2 saturated carbocycles. The number of hydrogen-bond donors (Lipinski definition) is 1. The summed E-state index contributed by atoms with van der Waals surface area (Å²) in [6, 6.07) is 0. The molecule has 2 fully saturated rings. The van der Waals surface area contributed by atoms with Crippen LogP contribution in [0.15, 0.2) is 23.3 Å². The molecule has 0 radical (unpaired) electrons. The minimum Gasteiger partial charge on any atom is -0.460 e. The van der Waals surface area contributed by atoms with Crippen molar-refractivity contribution < 1.29 is 24.0 Å². The Balaban J connectivity index is 0.000000222. The number of ether oxygens (including phenoxy) is 2. The van der Waals surface area contributed by atoms with Crippen LogP contribution >= 0.6 is 0 Å². The van der Waals surface area contributed by atoms with Gasteiger partial charge in [-0.15, -0.1) is 0 Å². The first-order valence-corrected chi connectivity index (χ1v) is 15.1. The summed E-state index contributed by atoms with van der Waals surface area (Å²) < 4.78 is 10.8. The fraction of sp³-hybridized carbons (Fsp3) is 0.812. The predicted molar refractivity (Wildman–Crippen MR) is 156 cm³/mol. The van der Waals surface area contributed by atoms with Gasteiger partial charge >= 0.3 is 11.9 Å². The zero-order valence-corrected chi connectivity index (χ0v) is 26.0. The van der Waals surface area contributed by atoms with Crippen LogP contribution < -0.4 is 5.73 Å². The van der Waals surface area contributed by atoms with Crippen LogP contribution in [0.2, 0.25) is 0 Å². The Morgan fingerprint density at radius 2 is 1.27 bits per heavy atom. The van der Waals surface area contributed by atoms with Gasteiger partial charge in [-0.2, -0.15) is 0 Å². The maximum Gasteiger partial charge on any atom is 0.307 e. The Bertz CT molecular complexity index is 1030. The smallest absolute Gasteiger partial charge is 0.307 e. The number of hydrogen-bond acceptors (Lipinski definition) is 7. The second-order valence-corrected chi connectivity index (χ2v) is 14.7. The molecule has 0 aromatic heterocycles. The minimum atomic E-state index is -0.546. The number of nitro groups is 1. The van der Waals surface area contributed by atoms with E-state index in [9.17, 15) is 19.7 Å². The third-order valence-electron chi connectivity index (χ3n) is 9.24. The number of fused-ring (bicyclic) bond motifs is 2. The van der Waals surface area contributed by atoms with Crippen molar-refractivity contribution in [2.75, 3.05) is 13.1 Å². The Kier molecular flexibility index (Phi) is 9.65. The van der Waals surface area contributed by atoms with Crippen LogP contribution in [0.25, 0.3) is 0 Å². The fourth-order valence-corrected chi connectivity index (χ4v) is 7.60. The molecule has 8 nitrogen and oxygen atoms in total. The van der Waals surface area contributed by atoms with E-state index >= 15 is 0 Å². The zero-order chi connectivity index (χ0) is 30.1. The van der Waals surface area contributed by atoms with Crippen molar-refractivity contribution in [3.63, 3.8) is 0 Å². The standard InChI is InChI=1S/C16H25NO4.C16H27NO2/c1-5-11-6-12-8-16(10-17(19)20,13(12)7-11)9-14(18)21-15(2,3)4;1-5-11-6-12-8-16(10-17,13(12)7-11)9-14(18)19-15(2,3)4/h7,12-13H,5-6,8-10H2,1-4H3;7,12-13H,5-6,8-10,17H2,1-4H3. The third kappa shape index (κ3) is 7.54. The van der Waals surface area contributed by atoms with Gasteiger partial charge in [0.15, 0.2) is 0 Å². The van der Waals surface area contributed by atoms with E-state index in [1.807, 2.05) is 41.5 Å². The van der Waals surface area contributed by atoms with Gasteiger partial charge in [-0.05, 0) is 116 Å². The normalized spacial score (nSPS) is 32.2. The Morgan fingerprint density at radius 1 is 0.875 bits per heavy atom. The molecule has 6 unspecified atom stereocenters. The monoisotopic (exact) mass is 560 g/mol. The summed E-state index contributed by atoms with van der Waals surface area (Å²) in [5.41, 5.74) is 7.37. The van der Waals surface area contributed by atoms with Crippen molar-refractivity contribution in [3.05, 3.63) is 33.4 Å². The van der Waals surface area contributed by atoms with Crippen LogP contribution in [0.5, 0.6) is 0 Å². The highest BCUT2D eigenvalue weighted by atomic mass is 16.6. The largest absolute Gasteiger partial charge is 0.460 e. The highest BCUT2D eigenvalue weighted by Crippen LogP contribution is 2.61. The summed E-state index contributed by atoms with van der Waals surface area (Å²) in [5.74, 6) is 1.46. The summed E-state index contributed by atoms with van der Waals surface area (Å²) in [7, 11) is 0. The quantitative estimate of drug-likeness (QED) is 0.150. The molecule has 226 valence electrons. The van der Waals surface area contributed by atoms with Crippen molar-refractivity contribution in [1.82, 2.24) is 0 Å². The highest BCUT2D eigenvalue weighted by Gasteiger charge is 2.59. The maximum absolute atomic E-state index is 12.1. The van der Waals surface area contributed by atoms with Crippen LogP contribution in [0.1, 0.15) is 107 Å². The van der Waals surface area contributed by atoms with Gasteiger partial charge in [0.25, 0.3) is 0 Å². The van der Waals surface area contributed by atoms with E-state index in [2.05, 4.69) is 26.0 Å². The number of carbonyl (C=O) groups is 2. The lowest BCUT2D eigenvalue weighted by molar-refractivity contribution is -0.506. The van der Waals surface area contributed by atoms with Gasteiger partial charge in [-0.1, -0.05) is 37.1 Å². The number of carbonyl (C=O) groups excluding carboxylic acids is 2. The van der Waals surface area contributed by atoms with Crippen molar-refractivity contribution in [3.8, 4) is 0 Å². The van der Waals surface area contributed by atoms with Gasteiger partial charge in [-0.3, -0.25) is 19.7 Å². The molecule has 4 aliphatic rings. The van der Waals surface area contributed by atoms with Gasteiger partial charge in [0.2, 0.25) is 6.54 Å². The van der Waals surface area contributed by atoms with Crippen molar-refractivity contribution in [2.45, 2.75) is 118 Å². The van der Waals surface area contributed by atoms with E-state index in [1.165, 1.54) is 17.6 Å². The molecule has 8 heteroatoms. The molecule has 0 aromatic carbocycles. The van der Waals surface area contributed by atoms with E-state index in [0.29, 0.717) is 24.8 Å². The van der Waals surface area contributed by atoms with E-state index < -0.39 is 16.6 Å². The molecular formula is C32H52N2O6. The number of nitrogens with two attached hydrogens (primary N) is 1. The van der Waals surface area contributed by atoms with E-state index in [0.717, 1.165) is 38.0 Å². The van der Waals surface area contributed by atoms with Gasteiger partial charge < -0.3 is 15.2 Å². The maximum atomic E-state index is 12.1. The van der Waals surface area contributed by atoms with Crippen molar-refractivity contribution in [2.24, 2.45) is 40.2 Å². The second kappa shape index (κ2) is 11.9. The minimum absolute atomic E-state index is 0.0378. The Hall–Kier alpha value is -2.22. The molecule has 0 bridgehead atoms. The molecule has 0 saturated heterocycles. The van der Waals surface area contributed by atoms with Gasteiger partial charge in [0.05, 0.1) is 18.3 Å². The number of rotatable bonds is 9. The number of esters is 2.